The highest BCUT2D eigenvalue weighted by atomic mass is 32.1. The zero-order valence-electron chi connectivity index (χ0n) is 11.3. The summed E-state index contributed by atoms with van der Waals surface area (Å²) in [7, 11) is 0. The number of thiophene rings is 1. The van der Waals surface area contributed by atoms with Gasteiger partial charge in [0.25, 0.3) is 0 Å². The molecule has 0 bridgehead atoms. The van der Waals surface area contributed by atoms with Crippen LogP contribution in [0, 0.1) is 0 Å². The Morgan fingerprint density at radius 3 is 2.40 bits per heavy atom. The first-order valence-corrected chi connectivity index (χ1v) is 7.68. The van der Waals surface area contributed by atoms with Crippen LogP contribution >= 0.6 is 11.3 Å². The Balaban J connectivity index is 1.74. The number of anilines is 1. The molecule has 3 rings (SSSR count). The van der Waals surface area contributed by atoms with Gasteiger partial charge in [-0.3, -0.25) is 0 Å². The molecule has 0 saturated carbocycles. The molecule has 0 saturated heterocycles. The average Bonchev–Trinajstić information content (AvgIpc) is 3.01. The molecule has 2 aromatic carbocycles. The van der Waals surface area contributed by atoms with Gasteiger partial charge < -0.3 is 5.32 Å². The van der Waals surface area contributed by atoms with Crippen LogP contribution in [0.25, 0.3) is 0 Å². The summed E-state index contributed by atoms with van der Waals surface area (Å²) >= 11 is 1.79. The van der Waals surface area contributed by atoms with Crippen LogP contribution in [-0.4, -0.2) is 0 Å². The normalized spacial score (nSPS) is 10.4. The second-order valence-corrected chi connectivity index (χ2v) is 5.78. The zero-order chi connectivity index (χ0) is 13.6. The molecule has 20 heavy (non-hydrogen) atoms. The molecule has 1 aromatic heterocycles. The van der Waals surface area contributed by atoms with Crippen molar-refractivity contribution in [3.63, 3.8) is 0 Å². The third-order valence-electron chi connectivity index (χ3n) is 3.29. The zero-order valence-corrected chi connectivity index (χ0v) is 12.1. The smallest absolute Gasteiger partial charge is 0.0494 e. The minimum Gasteiger partial charge on any atom is -0.380 e. The lowest BCUT2D eigenvalue weighted by Crippen LogP contribution is -2.01. The maximum Gasteiger partial charge on any atom is 0.0494 e. The molecule has 0 unspecified atom stereocenters. The minimum atomic E-state index is 0.892. The summed E-state index contributed by atoms with van der Waals surface area (Å²) < 4.78 is 0. The molecule has 0 amide bonds. The van der Waals surface area contributed by atoms with Crippen molar-refractivity contribution in [2.75, 3.05) is 5.32 Å². The Bertz CT molecular complexity index is 644. The number of benzene rings is 2. The minimum absolute atomic E-state index is 0.892. The fourth-order valence-corrected chi connectivity index (χ4v) is 2.90. The van der Waals surface area contributed by atoms with Gasteiger partial charge in [0, 0.05) is 17.1 Å². The maximum atomic E-state index is 3.55. The van der Waals surface area contributed by atoms with Crippen molar-refractivity contribution >= 4 is 17.0 Å². The summed E-state index contributed by atoms with van der Waals surface area (Å²) in [6.07, 6.45) is 0.967. The molecule has 0 fully saturated rings. The van der Waals surface area contributed by atoms with Gasteiger partial charge in [-0.25, -0.2) is 0 Å². The predicted molar refractivity (Wildman–Crippen MR) is 87.3 cm³/mol. The summed E-state index contributed by atoms with van der Waals surface area (Å²) in [5.41, 5.74) is 3.91. The van der Waals surface area contributed by atoms with Crippen LogP contribution in [0.3, 0.4) is 0 Å². The Morgan fingerprint density at radius 1 is 0.800 bits per heavy atom. The average molecular weight is 279 g/mol. The van der Waals surface area contributed by atoms with Gasteiger partial charge in [0.2, 0.25) is 0 Å². The van der Waals surface area contributed by atoms with Crippen LogP contribution in [0.1, 0.15) is 16.0 Å². The van der Waals surface area contributed by atoms with Gasteiger partial charge in [-0.15, -0.1) is 11.3 Å². The van der Waals surface area contributed by atoms with Crippen LogP contribution in [-0.2, 0) is 13.0 Å². The van der Waals surface area contributed by atoms with Gasteiger partial charge in [0.15, 0.2) is 0 Å². The van der Waals surface area contributed by atoms with Gasteiger partial charge >= 0.3 is 0 Å². The number of hydrogen-bond acceptors (Lipinski definition) is 2. The molecular weight excluding hydrogens is 262 g/mol. The van der Waals surface area contributed by atoms with Crippen LogP contribution in [0.4, 0.5) is 5.69 Å². The molecule has 0 radical (unpaired) electrons. The van der Waals surface area contributed by atoms with Gasteiger partial charge in [-0.2, -0.15) is 0 Å². The fraction of sp³-hybridized carbons (Fsp3) is 0.111. The highest BCUT2D eigenvalue weighted by Crippen LogP contribution is 2.20. The third kappa shape index (κ3) is 3.28. The number of hydrogen-bond donors (Lipinski definition) is 1. The SMILES string of the molecule is c1ccc(Cc2ccccc2NCc2cccs2)cc1. The number of rotatable bonds is 5. The van der Waals surface area contributed by atoms with Crippen molar-refractivity contribution < 1.29 is 0 Å². The van der Waals surface area contributed by atoms with Crippen molar-refractivity contribution in [3.05, 3.63) is 88.1 Å². The Kier molecular flexibility index (Phi) is 4.14. The number of para-hydroxylation sites is 1. The summed E-state index contributed by atoms with van der Waals surface area (Å²) in [5, 5.41) is 5.66. The van der Waals surface area contributed by atoms with Gasteiger partial charge in [-0.1, -0.05) is 54.6 Å². The highest BCUT2D eigenvalue weighted by Gasteiger charge is 2.03. The second-order valence-electron chi connectivity index (χ2n) is 4.75. The lowest BCUT2D eigenvalue weighted by Gasteiger charge is -2.11. The maximum absolute atomic E-state index is 3.55. The fourth-order valence-electron chi connectivity index (χ4n) is 2.26. The van der Waals surface area contributed by atoms with E-state index in [0.717, 1.165) is 13.0 Å². The largest absolute Gasteiger partial charge is 0.380 e. The van der Waals surface area contributed by atoms with Gasteiger partial charge in [-0.05, 0) is 35.1 Å². The van der Waals surface area contributed by atoms with E-state index in [1.165, 1.54) is 21.7 Å². The third-order valence-corrected chi connectivity index (χ3v) is 4.16. The van der Waals surface area contributed by atoms with Crippen LogP contribution in [0.2, 0.25) is 0 Å². The van der Waals surface area contributed by atoms with E-state index in [1.54, 1.807) is 11.3 Å². The summed E-state index contributed by atoms with van der Waals surface area (Å²) in [6, 6.07) is 23.4. The lowest BCUT2D eigenvalue weighted by molar-refractivity contribution is 1.14. The molecule has 0 spiro atoms. The Hall–Kier alpha value is -2.06. The highest BCUT2D eigenvalue weighted by molar-refractivity contribution is 7.09. The van der Waals surface area contributed by atoms with Crippen LogP contribution in [0.5, 0.6) is 0 Å². The topological polar surface area (TPSA) is 12.0 Å². The monoisotopic (exact) mass is 279 g/mol. The molecule has 2 heteroatoms. The molecule has 0 aliphatic rings. The standard InChI is InChI=1S/C18H17NS/c1-2-7-15(8-3-1)13-16-9-4-5-11-18(16)19-14-17-10-6-12-20-17/h1-12,19H,13-14H2. The molecule has 0 aliphatic carbocycles. The molecule has 1 nitrogen and oxygen atoms in total. The van der Waals surface area contributed by atoms with Gasteiger partial charge in [0.1, 0.15) is 0 Å². The molecule has 0 aliphatic heterocycles. The Morgan fingerprint density at radius 2 is 1.60 bits per heavy atom. The first-order chi connectivity index (χ1) is 9.92. The summed E-state index contributed by atoms with van der Waals surface area (Å²) in [4.78, 5) is 1.36. The van der Waals surface area contributed by atoms with Gasteiger partial charge in [0.05, 0.1) is 0 Å². The van der Waals surface area contributed by atoms with E-state index in [1.807, 2.05) is 0 Å². The van der Waals surface area contributed by atoms with Crippen molar-refractivity contribution in [1.29, 1.82) is 0 Å². The van der Waals surface area contributed by atoms with Crippen LogP contribution in [0.15, 0.2) is 72.1 Å². The van der Waals surface area contributed by atoms with E-state index < -0.39 is 0 Å². The molecular formula is C18H17NS. The lowest BCUT2D eigenvalue weighted by atomic mass is 10.0. The first-order valence-electron chi connectivity index (χ1n) is 6.80. The first kappa shape index (κ1) is 12.9. The summed E-state index contributed by atoms with van der Waals surface area (Å²) in [5.74, 6) is 0. The van der Waals surface area contributed by atoms with E-state index in [-0.39, 0.29) is 0 Å². The summed E-state index contributed by atoms with van der Waals surface area (Å²) in [6.45, 7) is 0.892. The number of nitrogens with one attached hydrogen (secondary N) is 1. The van der Waals surface area contributed by atoms with Crippen LogP contribution < -0.4 is 5.32 Å². The second kappa shape index (κ2) is 6.40. The molecule has 100 valence electrons. The predicted octanol–water partition coefficient (Wildman–Crippen LogP) is 4.95. The van der Waals surface area contributed by atoms with E-state index in [4.69, 9.17) is 0 Å². The Labute approximate surface area is 123 Å². The van der Waals surface area contributed by atoms with Crippen molar-refractivity contribution in [3.8, 4) is 0 Å². The van der Waals surface area contributed by atoms with E-state index in [9.17, 15) is 0 Å². The van der Waals surface area contributed by atoms with E-state index in [0.29, 0.717) is 0 Å². The molecule has 1 N–H and O–H groups in total. The molecule has 1 heterocycles. The van der Waals surface area contributed by atoms with E-state index in [2.05, 4.69) is 77.4 Å². The molecule has 3 aromatic rings. The van der Waals surface area contributed by atoms with Crippen molar-refractivity contribution in [1.82, 2.24) is 0 Å². The van der Waals surface area contributed by atoms with Crippen molar-refractivity contribution in [2.24, 2.45) is 0 Å². The quantitative estimate of drug-likeness (QED) is 0.696. The van der Waals surface area contributed by atoms with E-state index >= 15 is 0 Å². The van der Waals surface area contributed by atoms with Crippen molar-refractivity contribution in [2.45, 2.75) is 13.0 Å². The molecule has 0 atom stereocenters.